The van der Waals surface area contributed by atoms with Gasteiger partial charge in [-0.2, -0.15) is 0 Å². The molecule has 0 aliphatic carbocycles. The van der Waals surface area contributed by atoms with Crippen LogP contribution in [0.15, 0.2) is 45.9 Å². The van der Waals surface area contributed by atoms with E-state index in [4.69, 9.17) is 27.0 Å². The second kappa shape index (κ2) is 5.66. The molecule has 4 nitrogen and oxygen atoms in total. The van der Waals surface area contributed by atoms with Crippen molar-refractivity contribution in [3.8, 4) is 11.6 Å². The molecule has 2 aromatic rings. The van der Waals surface area contributed by atoms with Gasteiger partial charge in [-0.15, -0.1) is 0 Å². The zero-order valence-corrected chi connectivity index (χ0v) is 13.1. The smallest absolute Gasteiger partial charge is 0.266 e. The first-order valence-electron chi connectivity index (χ1n) is 4.90. The fourth-order valence-corrected chi connectivity index (χ4v) is 2.69. The third-order valence-electron chi connectivity index (χ3n) is 2.10. The minimum absolute atomic E-state index is 0.127. The molecule has 0 saturated heterocycles. The van der Waals surface area contributed by atoms with Gasteiger partial charge < -0.3 is 4.74 Å². The Kier molecular flexibility index (Phi) is 4.35. The molecule has 100 valence electrons. The van der Waals surface area contributed by atoms with Crippen molar-refractivity contribution in [3.63, 3.8) is 0 Å². The Morgan fingerprint density at radius 2 is 2.00 bits per heavy atom. The predicted molar refractivity (Wildman–Crippen MR) is 76.5 cm³/mol. The van der Waals surface area contributed by atoms with Crippen LogP contribution in [-0.4, -0.2) is 13.4 Å². The highest BCUT2D eigenvalue weighted by atomic mass is 79.9. The van der Waals surface area contributed by atoms with Gasteiger partial charge in [0.2, 0.25) is 5.88 Å². The average molecular weight is 383 g/mol. The van der Waals surface area contributed by atoms with Crippen molar-refractivity contribution in [2.75, 3.05) is 0 Å². The molecule has 0 aliphatic rings. The lowest BCUT2D eigenvalue weighted by molar-refractivity contribution is 0.448. The van der Waals surface area contributed by atoms with Gasteiger partial charge in [0.1, 0.15) is 10.6 Å². The Balaban J connectivity index is 2.47. The summed E-state index contributed by atoms with van der Waals surface area (Å²) in [5, 5.41) is 0.326. The third kappa shape index (κ3) is 3.60. The molecule has 0 amide bonds. The Hall–Kier alpha value is -0.820. The maximum absolute atomic E-state index is 11.4. The molecule has 0 spiro atoms. The minimum atomic E-state index is -3.95. The maximum atomic E-state index is 11.4. The normalized spacial score (nSPS) is 11.3. The molecule has 1 heterocycles. The van der Waals surface area contributed by atoms with Crippen molar-refractivity contribution in [2.45, 2.75) is 4.90 Å². The van der Waals surface area contributed by atoms with Gasteiger partial charge in [0, 0.05) is 21.4 Å². The van der Waals surface area contributed by atoms with Crippen LogP contribution in [0.5, 0.6) is 11.6 Å². The Morgan fingerprint density at radius 1 is 1.26 bits per heavy atom. The molecular formula is C11H6BrCl2NO3S. The first-order chi connectivity index (χ1) is 8.88. The molecule has 0 saturated carbocycles. The van der Waals surface area contributed by atoms with Crippen LogP contribution in [0.3, 0.4) is 0 Å². The van der Waals surface area contributed by atoms with E-state index in [0.29, 0.717) is 5.02 Å². The Labute approximate surface area is 127 Å². The zero-order valence-electron chi connectivity index (χ0n) is 9.18. The highest BCUT2D eigenvalue weighted by Crippen LogP contribution is 2.34. The van der Waals surface area contributed by atoms with Crippen LogP contribution in [0.2, 0.25) is 5.02 Å². The van der Waals surface area contributed by atoms with Gasteiger partial charge in [0.15, 0.2) is 0 Å². The number of hydrogen-bond donors (Lipinski definition) is 0. The topological polar surface area (TPSA) is 56.3 Å². The number of halogens is 3. The lowest BCUT2D eigenvalue weighted by Gasteiger charge is -2.09. The molecular weight excluding hydrogens is 377 g/mol. The van der Waals surface area contributed by atoms with Crippen LogP contribution in [0.4, 0.5) is 0 Å². The Bertz CT molecular complexity index is 722. The quantitative estimate of drug-likeness (QED) is 0.745. The molecule has 0 fully saturated rings. The fourth-order valence-electron chi connectivity index (χ4n) is 1.30. The summed E-state index contributed by atoms with van der Waals surface area (Å²) in [6, 6.07) is 7.69. The fraction of sp³-hybridized carbons (Fsp3) is 0. The largest absolute Gasteiger partial charge is 0.436 e. The molecule has 0 unspecified atom stereocenters. The van der Waals surface area contributed by atoms with Crippen molar-refractivity contribution >= 4 is 47.3 Å². The molecule has 19 heavy (non-hydrogen) atoms. The van der Waals surface area contributed by atoms with Gasteiger partial charge >= 0.3 is 0 Å². The standard InChI is InChI=1S/C11H6BrCl2NO3S/c12-7-3-4-8(13)9(6-7)18-11-10(19(14,16)17)2-1-5-15-11/h1-6H. The summed E-state index contributed by atoms with van der Waals surface area (Å²) in [5.74, 6) is 0.147. The minimum Gasteiger partial charge on any atom is -0.436 e. The number of rotatable bonds is 3. The maximum Gasteiger partial charge on any atom is 0.266 e. The Morgan fingerprint density at radius 3 is 2.68 bits per heavy atom. The van der Waals surface area contributed by atoms with E-state index < -0.39 is 9.05 Å². The summed E-state index contributed by atoms with van der Waals surface area (Å²) in [4.78, 5) is 3.64. The monoisotopic (exact) mass is 381 g/mol. The van der Waals surface area contributed by atoms with Crippen molar-refractivity contribution in [3.05, 3.63) is 46.0 Å². The molecule has 0 atom stereocenters. The van der Waals surface area contributed by atoms with Gasteiger partial charge in [0.25, 0.3) is 9.05 Å². The van der Waals surface area contributed by atoms with E-state index in [2.05, 4.69) is 20.9 Å². The molecule has 8 heteroatoms. The molecule has 0 bridgehead atoms. The zero-order chi connectivity index (χ0) is 14.0. The average Bonchev–Trinajstić information content (AvgIpc) is 2.33. The summed E-state index contributed by atoms with van der Waals surface area (Å²) in [5.41, 5.74) is 0. The summed E-state index contributed by atoms with van der Waals surface area (Å²) in [6.07, 6.45) is 1.40. The summed E-state index contributed by atoms with van der Waals surface area (Å²) in [7, 11) is 1.36. The van der Waals surface area contributed by atoms with Crippen LogP contribution in [-0.2, 0) is 9.05 Å². The molecule has 0 aliphatic heterocycles. The van der Waals surface area contributed by atoms with Crippen molar-refractivity contribution in [1.82, 2.24) is 4.98 Å². The van der Waals surface area contributed by atoms with Crippen molar-refractivity contribution in [1.29, 1.82) is 0 Å². The van der Waals surface area contributed by atoms with Gasteiger partial charge in [-0.3, -0.25) is 0 Å². The van der Waals surface area contributed by atoms with Gasteiger partial charge in [0.05, 0.1) is 5.02 Å². The van der Waals surface area contributed by atoms with Crippen LogP contribution in [0.1, 0.15) is 0 Å². The number of pyridine rings is 1. The number of hydrogen-bond acceptors (Lipinski definition) is 4. The summed E-state index contributed by atoms with van der Waals surface area (Å²) >= 11 is 9.22. The van der Waals surface area contributed by atoms with E-state index >= 15 is 0 Å². The van der Waals surface area contributed by atoms with Gasteiger partial charge in [-0.1, -0.05) is 27.5 Å². The van der Waals surface area contributed by atoms with Crippen LogP contribution < -0.4 is 4.74 Å². The lowest BCUT2D eigenvalue weighted by atomic mass is 10.3. The second-order valence-electron chi connectivity index (χ2n) is 3.42. The van der Waals surface area contributed by atoms with E-state index in [-0.39, 0.29) is 16.5 Å². The number of nitrogens with zero attached hydrogens (tertiary/aromatic N) is 1. The lowest BCUT2D eigenvalue weighted by Crippen LogP contribution is -1.98. The third-order valence-corrected chi connectivity index (χ3v) is 4.24. The van der Waals surface area contributed by atoms with Crippen LogP contribution in [0, 0.1) is 0 Å². The van der Waals surface area contributed by atoms with Crippen molar-refractivity contribution < 1.29 is 13.2 Å². The summed E-state index contributed by atoms with van der Waals surface area (Å²) in [6.45, 7) is 0. The van der Waals surface area contributed by atoms with E-state index in [0.717, 1.165) is 4.47 Å². The molecule has 0 N–H and O–H groups in total. The predicted octanol–water partition coefficient (Wildman–Crippen LogP) is 4.22. The van der Waals surface area contributed by atoms with Crippen LogP contribution in [0.25, 0.3) is 0 Å². The van der Waals surface area contributed by atoms with E-state index in [1.54, 1.807) is 18.2 Å². The first kappa shape index (κ1) is 14.6. The highest BCUT2D eigenvalue weighted by molar-refractivity contribution is 9.10. The summed E-state index contributed by atoms with van der Waals surface area (Å²) < 4.78 is 28.9. The van der Waals surface area contributed by atoms with Crippen LogP contribution >= 0.6 is 38.2 Å². The highest BCUT2D eigenvalue weighted by Gasteiger charge is 2.19. The van der Waals surface area contributed by atoms with Gasteiger partial charge in [-0.05, 0) is 30.3 Å². The van der Waals surface area contributed by atoms with E-state index in [1.807, 2.05) is 0 Å². The number of aromatic nitrogens is 1. The van der Waals surface area contributed by atoms with Crippen molar-refractivity contribution in [2.24, 2.45) is 0 Å². The molecule has 0 radical (unpaired) electrons. The van der Waals surface area contributed by atoms with E-state index in [1.165, 1.54) is 18.3 Å². The number of ether oxygens (including phenoxy) is 1. The molecule has 1 aromatic heterocycles. The first-order valence-corrected chi connectivity index (χ1v) is 8.38. The second-order valence-corrected chi connectivity index (χ2v) is 7.28. The SMILES string of the molecule is O=S(=O)(Cl)c1cccnc1Oc1cc(Br)ccc1Cl. The number of benzene rings is 1. The van der Waals surface area contributed by atoms with E-state index in [9.17, 15) is 8.42 Å². The molecule has 1 aromatic carbocycles. The molecule has 2 rings (SSSR count). The van der Waals surface area contributed by atoms with Gasteiger partial charge in [-0.25, -0.2) is 13.4 Å².